The summed E-state index contributed by atoms with van der Waals surface area (Å²) in [5, 5.41) is 0. The van der Waals surface area contributed by atoms with Crippen LogP contribution in [0.5, 0.6) is 0 Å². The third-order valence-electron chi connectivity index (χ3n) is 4.18. The minimum Gasteiger partial charge on any atom is -0.289 e. The molecule has 2 aromatic carbocycles. The molecule has 102 valence electrons. The molecular weight excluding hydrogens is 251 g/mol. The van der Waals surface area contributed by atoms with E-state index in [2.05, 4.69) is 6.07 Å². The predicted octanol–water partition coefficient (Wildman–Crippen LogP) is 4.63. The molecule has 0 aromatic heterocycles. The summed E-state index contributed by atoms with van der Waals surface area (Å²) >= 11 is 0. The zero-order chi connectivity index (χ0) is 14.1. The van der Waals surface area contributed by atoms with E-state index < -0.39 is 0 Å². The van der Waals surface area contributed by atoms with Gasteiger partial charge in [-0.3, -0.25) is 4.79 Å². The number of carbonyl (C=O) groups is 1. The quantitative estimate of drug-likeness (QED) is 0.741. The third-order valence-corrected chi connectivity index (χ3v) is 4.18. The second-order valence-corrected chi connectivity index (χ2v) is 5.50. The van der Waals surface area contributed by atoms with E-state index in [0.29, 0.717) is 17.0 Å². The smallest absolute Gasteiger partial charge is 0.193 e. The highest BCUT2D eigenvalue weighted by atomic mass is 19.1. The van der Waals surface area contributed by atoms with Crippen LogP contribution in [0.3, 0.4) is 0 Å². The molecule has 0 atom stereocenters. The van der Waals surface area contributed by atoms with Crippen molar-refractivity contribution < 1.29 is 9.18 Å². The Kier molecular flexibility index (Phi) is 3.39. The lowest BCUT2D eigenvalue weighted by Crippen LogP contribution is -2.15. The van der Waals surface area contributed by atoms with Crippen LogP contribution in [0, 0.1) is 12.7 Å². The van der Waals surface area contributed by atoms with Gasteiger partial charge < -0.3 is 0 Å². The number of hydrogen-bond acceptors (Lipinski definition) is 1. The summed E-state index contributed by atoms with van der Waals surface area (Å²) in [6.07, 6.45) is 3.56. The summed E-state index contributed by atoms with van der Waals surface area (Å²) in [7, 11) is 0. The zero-order valence-corrected chi connectivity index (χ0v) is 11.5. The van der Waals surface area contributed by atoms with Gasteiger partial charge in [0.2, 0.25) is 0 Å². The van der Waals surface area contributed by atoms with Gasteiger partial charge in [0.25, 0.3) is 0 Å². The van der Waals surface area contributed by atoms with Crippen LogP contribution >= 0.6 is 0 Å². The molecule has 1 saturated carbocycles. The van der Waals surface area contributed by atoms with Crippen molar-refractivity contribution in [2.45, 2.75) is 32.1 Å². The molecule has 3 rings (SSSR count). The van der Waals surface area contributed by atoms with Crippen molar-refractivity contribution >= 4 is 5.78 Å². The van der Waals surface area contributed by atoms with Crippen LogP contribution in [0.4, 0.5) is 4.39 Å². The molecule has 0 N–H and O–H groups in total. The van der Waals surface area contributed by atoms with Crippen LogP contribution in [0.25, 0.3) is 0 Å². The normalized spacial score (nSPS) is 14.9. The highest BCUT2D eigenvalue weighted by Gasteiger charge is 2.25. The van der Waals surface area contributed by atoms with E-state index in [9.17, 15) is 9.18 Å². The Morgan fingerprint density at radius 1 is 1.10 bits per heavy atom. The molecule has 0 amide bonds. The van der Waals surface area contributed by atoms with E-state index in [1.54, 1.807) is 13.0 Å². The maximum Gasteiger partial charge on any atom is 0.193 e. The van der Waals surface area contributed by atoms with Crippen LogP contribution in [-0.2, 0) is 0 Å². The fourth-order valence-corrected chi connectivity index (χ4v) is 2.81. The largest absolute Gasteiger partial charge is 0.289 e. The summed E-state index contributed by atoms with van der Waals surface area (Å²) in [5.41, 5.74) is 3.20. The van der Waals surface area contributed by atoms with Gasteiger partial charge in [-0.2, -0.15) is 0 Å². The Morgan fingerprint density at radius 2 is 1.85 bits per heavy atom. The van der Waals surface area contributed by atoms with Gasteiger partial charge in [0, 0.05) is 11.1 Å². The Balaban J connectivity index is 2.02. The van der Waals surface area contributed by atoms with Gasteiger partial charge in [-0.05, 0) is 55.0 Å². The van der Waals surface area contributed by atoms with Gasteiger partial charge >= 0.3 is 0 Å². The van der Waals surface area contributed by atoms with Crippen molar-refractivity contribution in [3.8, 4) is 0 Å². The number of rotatable bonds is 3. The van der Waals surface area contributed by atoms with Crippen molar-refractivity contribution in [3.63, 3.8) is 0 Å². The lowest BCUT2D eigenvalue weighted by molar-refractivity contribution is 0.103. The molecule has 0 spiro atoms. The van der Waals surface area contributed by atoms with Crippen LogP contribution < -0.4 is 0 Å². The van der Waals surface area contributed by atoms with E-state index in [0.717, 1.165) is 24.0 Å². The predicted molar refractivity (Wildman–Crippen MR) is 77.6 cm³/mol. The van der Waals surface area contributed by atoms with Crippen molar-refractivity contribution in [2.24, 2.45) is 0 Å². The number of carbonyl (C=O) groups excluding carboxylic acids is 1. The fraction of sp³-hybridized carbons (Fsp3) is 0.278. The van der Waals surface area contributed by atoms with E-state index >= 15 is 0 Å². The maximum atomic E-state index is 13.2. The molecule has 0 saturated heterocycles. The molecule has 2 heteroatoms. The lowest BCUT2D eigenvalue weighted by atomic mass is 9.77. The molecular formula is C18H17FO. The van der Waals surface area contributed by atoms with E-state index in [4.69, 9.17) is 0 Å². The molecule has 0 radical (unpaired) electrons. The standard InChI is InChI=1S/C18H17FO/c1-12-11-14(19)9-10-15(12)18(20)17-8-3-2-7-16(17)13-5-4-6-13/h2-3,7-11,13H,4-6H2,1H3. The van der Waals surface area contributed by atoms with Gasteiger partial charge in [-0.1, -0.05) is 30.7 Å². The number of ketones is 1. The van der Waals surface area contributed by atoms with Gasteiger partial charge in [-0.15, -0.1) is 0 Å². The average Bonchev–Trinajstić information content (AvgIpc) is 2.37. The van der Waals surface area contributed by atoms with Crippen molar-refractivity contribution in [1.29, 1.82) is 0 Å². The zero-order valence-electron chi connectivity index (χ0n) is 11.5. The highest BCUT2D eigenvalue weighted by Crippen LogP contribution is 2.38. The third kappa shape index (κ3) is 2.26. The molecule has 0 aliphatic heterocycles. The minimum absolute atomic E-state index is 0.00463. The Hall–Kier alpha value is -1.96. The van der Waals surface area contributed by atoms with Crippen LogP contribution in [0.2, 0.25) is 0 Å². The Labute approximate surface area is 118 Å². The number of benzene rings is 2. The SMILES string of the molecule is Cc1cc(F)ccc1C(=O)c1ccccc1C1CCC1. The summed E-state index contributed by atoms with van der Waals surface area (Å²) in [6.45, 7) is 1.78. The molecule has 1 aliphatic carbocycles. The van der Waals surface area contributed by atoms with Gasteiger partial charge in [0.15, 0.2) is 5.78 Å². The molecule has 1 fully saturated rings. The van der Waals surface area contributed by atoms with E-state index in [-0.39, 0.29) is 11.6 Å². The molecule has 1 nitrogen and oxygen atoms in total. The number of halogens is 1. The molecule has 0 bridgehead atoms. The Bertz CT molecular complexity index is 656. The van der Waals surface area contributed by atoms with E-state index in [1.165, 1.54) is 18.6 Å². The van der Waals surface area contributed by atoms with Crippen LogP contribution in [0.15, 0.2) is 42.5 Å². The molecule has 2 aromatic rings. The average molecular weight is 268 g/mol. The summed E-state index contributed by atoms with van der Waals surface area (Å²) < 4.78 is 13.2. The van der Waals surface area contributed by atoms with Crippen LogP contribution in [-0.4, -0.2) is 5.78 Å². The summed E-state index contributed by atoms with van der Waals surface area (Å²) in [4.78, 5) is 12.7. The first-order valence-corrected chi connectivity index (χ1v) is 7.06. The molecule has 20 heavy (non-hydrogen) atoms. The monoisotopic (exact) mass is 268 g/mol. The summed E-state index contributed by atoms with van der Waals surface area (Å²) in [6, 6.07) is 12.2. The molecule has 1 aliphatic rings. The van der Waals surface area contributed by atoms with Gasteiger partial charge in [0.1, 0.15) is 5.82 Å². The first-order valence-electron chi connectivity index (χ1n) is 7.06. The van der Waals surface area contributed by atoms with Crippen molar-refractivity contribution in [3.05, 3.63) is 70.5 Å². The van der Waals surface area contributed by atoms with Gasteiger partial charge in [0.05, 0.1) is 0 Å². The van der Waals surface area contributed by atoms with Crippen molar-refractivity contribution in [2.75, 3.05) is 0 Å². The first kappa shape index (κ1) is 13.0. The second kappa shape index (κ2) is 5.20. The Morgan fingerprint density at radius 3 is 2.50 bits per heavy atom. The second-order valence-electron chi connectivity index (χ2n) is 5.50. The minimum atomic E-state index is -0.300. The van der Waals surface area contributed by atoms with E-state index in [1.807, 2.05) is 18.2 Å². The molecule has 0 heterocycles. The molecule has 0 unspecified atom stereocenters. The lowest BCUT2D eigenvalue weighted by Gasteiger charge is -2.27. The van der Waals surface area contributed by atoms with Crippen molar-refractivity contribution in [1.82, 2.24) is 0 Å². The topological polar surface area (TPSA) is 17.1 Å². The first-order chi connectivity index (χ1) is 9.66. The van der Waals surface area contributed by atoms with Gasteiger partial charge in [-0.25, -0.2) is 4.39 Å². The number of hydrogen-bond donors (Lipinski definition) is 0. The highest BCUT2D eigenvalue weighted by molar-refractivity contribution is 6.10. The number of aryl methyl sites for hydroxylation is 1. The summed E-state index contributed by atoms with van der Waals surface area (Å²) in [5.74, 6) is 0.215. The van der Waals surface area contributed by atoms with Crippen LogP contribution in [0.1, 0.15) is 52.2 Å². The maximum absolute atomic E-state index is 13.2. The fourth-order valence-electron chi connectivity index (χ4n) is 2.81.